The van der Waals surface area contributed by atoms with Crippen molar-refractivity contribution in [3.8, 4) is 0 Å². The van der Waals surface area contributed by atoms with Gasteiger partial charge in [-0.1, -0.05) is 0 Å². The highest BCUT2D eigenvalue weighted by atomic mass is 16.6. The molecule has 4 N–H and O–H groups in total. The molecule has 0 unspecified atom stereocenters. The Kier molecular flexibility index (Phi) is 5.44. The van der Waals surface area contributed by atoms with Crippen molar-refractivity contribution < 1.29 is 24.8 Å². The van der Waals surface area contributed by atoms with Gasteiger partial charge in [0.1, 0.15) is 12.2 Å². The second kappa shape index (κ2) is 6.37. The van der Waals surface area contributed by atoms with E-state index in [1.165, 1.54) is 0 Å². The van der Waals surface area contributed by atoms with Gasteiger partial charge < -0.3 is 30.1 Å². The average Bonchev–Trinajstić information content (AvgIpc) is 2.51. The third-order valence-electron chi connectivity index (χ3n) is 2.39. The Balaban J connectivity index is 2.30. The summed E-state index contributed by atoms with van der Waals surface area (Å²) in [7, 11) is 0. The molecule has 1 heterocycles. The van der Waals surface area contributed by atoms with Crippen LogP contribution >= 0.6 is 0 Å². The van der Waals surface area contributed by atoms with Crippen molar-refractivity contribution in [2.24, 2.45) is 0 Å². The van der Waals surface area contributed by atoms with E-state index in [1.807, 2.05) is 6.92 Å². The maximum absolute atomic E-state index is 9.53. The van der Waals surface area contributed by atoms with Crippen LogP contribution in [0.25, 0.3) is 0 Å². The first kappa shape index (κ1) is 12.8. The lowest BCUT2D eigenvalue weighted by molar-refractivity contribution is -0.132. The molecule has 1 rings (SSSR count). The smallest absolute Gasteiger partial charge is 0.182 e. The number of hydrogen-bond donors (Lipinski definition) is 4. The van der Waals surface area contributed by atoms with Gasteiger partial charge in [0.25, 0.3) is 0 Å². The lowest BCUT2D eigenvalue weighted by Gasteiger charge is -2.19. The van der Waals surface area contributed by atoms with Crippen molar-refractivity contribution >= 4 is 0 Å². The first-order chi connectivity index (χ1) is 7.20. The van der Waals surface area contributed by atoms with Gasteiger partial charge in [-0.3, -0.25) is 0 Å². The summed E-state index contributed by atoms with van der Waals surface area (Å²) in [6.07, 6.45) is -2.81. The van der Waals surface area contributed by atoms with Gasteiger partial charge in [-0.05, 0) is 6.92 Å². The van der Waals surface area contributed by atoms with Crippen molar-refractivity contribution in [1.29, 1.82) is 0 Å². The molecule has 0 amide bonds. The van der Waals surface area contributed by atoms with Gasteiger partial charge in [-0.2, -0.15) is 0 Å². The van der Waals surface area contributed by atoms with Gasteiger partial charge in [0.05, 0.1) is 19.3 Å². The van der Waals surface area contributed by atoms with Crippen LogP contribution in [0.1, 0.15) is 6.92 Å². The molecule has 1 aliphatic rings. The van der Waals surface area contributed by atoms with E-state index < -0.39 is 24.5 Å². The van der Waals surface area contributed by atoms with E-state index in [0.29, 0.717) is 19.8 Å². The molecule has 1 saturated heterocycles. The van der Waals surface area contributed by atoms with Crippen molar-refractivity contribution in [3.63, 3.8) is 0 Å². The van der Waals surface area contributed by atoms with Crippen molar-refractivity contribution in [3.05, 3.63) is 0 Å². The van der Waals surface area contributed by atoms with E-state index in [0.717, 1.165) is 0 Å². The van der Waals surface area contributed by atoms with Gasteiger partial charge in [-0.25, -0.2) is 0 Å². The molecule has 1 aliphatic heterocycles. The molecule has 0 aromatic heterocycles. The van der Waals surface area contributed by atoms with Crippen LogP contribution in [0, 0.1) is 0 Å². The fourth-order valence-corrected chi connectivity index (χ4v) is 1.59. The maximum Gasteiger partial charge on any atom is 0.182 e. The zero-order chi connectivity index (χ0) is 11.3. The molecule has 6 heteroatoms. The second-order valence-corrected chi connectivity index (χ2v) is 3.42. The van der Waals surface area contributed by atoms with Gasteiger partial charge in [0.2, 0.25) is 0 Å². The molecule has 6 nitrogen and oxygen atoms in total. The van der Waals surface area contributed by atoms with Crippen molar-refractivity contribution in [2.45, 2.75) is 31.5 Å². The van der Waals surface area contributed by atoms with E-state index in [2.05, 4.69) is 5.32 Å². The first-order valence-electron chi connectivity index (χ1n) is 5.14. The minimum atomic E-state index is -1.23. The molecule has 0 aromatic rings. The van der Waals surface area contributed by atoms with Crippen LogP contribution in [0.4, 0.5) is 0 Å². The quantitative estimate of drug-likeness (QED) is 0.390. The largest absolute Gasteiger partial charge is 0.394 e. The van der Waals surface area contributed by atoms with Crippen LogP contribution in [-0.2, 0) is 9.47 Å². The normalized spacial score (nSPS) is 36.0. The summed E-state index contributed by atoms with van der Waals surface area (Å²) in [6, 6.07) is -0.453. The number of ether oxygens (including phenoxy) is 2. The summed E-state index contributed by atoms with van der Waals surface area (Å²) in [5, 5.41) is 30.7. The van der Waals surface area contributed by atoms with Crippen molar-refractivity contribution in [2.75, 3.05) is 26.4 Å². The van der Waals surface area contributed by atoms with Crippen LogP contribution in [0.5, 0.6) is 0 Å². The third-order valence-corrected chi connectivity index (χ3v) is 2.39. The Morgan fingerprint density at radius 3 is 2.73 bits per heavy atom. The van der Waals surface area contributed by atoms with Crippen LogP contribution in [-0.4, -0.2) is 66.2 Å². The Hall–Kier alpha value is -0.240. The van der Waals surface area contributed by atoms with Crippen LogP contribution < -0.4 is 5.32 Å². The minimum absolute atomic E-state index is 0.236. The van der Waals surface area contributed by atoms with Crippen molar-refractivity contribution in [1.82, 2.24) is 5.32 Å². The zero-order valence-electron chi connectivity index (χ0n) is 8.80. The predicted molar refractivity (Wildman–Crippen MR) is 52.3 cm³/mol. The molecule has 4 atom stereocenters. The summed E-state index contributed by atoms with van der Waals surface area (Å²) in [5.41, 5.74) is 0. The van der Waals surface area contributed by atoms with Gasteiger partial charge in [0, 0.05) is 13.2 Å². The highest BCUT2D eigenvalue weighted by Crippen LogP contribution is 2.18. The molecule has 0 radical (unpaired) electrons. The zero-order valence-corrected chi connectivity index (χ0v) is 8.80. The molecule has 15 heavy (non-hydrogen) atoms. The number of hydrogen-bond acceptors (Lipinski definition) is 6. The lowest BCUT2D eigenvalue weighted by atomic mass is 10.1. The molecule has 0 spiro atoms. The Morgan fingerprint density at radius 2 is 2.13 bits per heavy atom. The lowest BCUT2D eigenvalue weighted by Crippen LogP contribution is -2.47. The topological polar surface area (TPSA) is 91.2 Å². The molecule has 1 fully saturated rings. The Morgan fingerprint density at radius 1 is 1.40 bits per heavy atom. The summed E-state index contributed by atoms with van der Waals surface area (Å²) >= 11 is 0. The van der Waals surface area contributed by atoms with E-state index in [1.54, 1.807) is 0 Å². The van der Waals surface area contributed by atoms with Crippen LogP contribution in [0.3, 0.4) is 0 Å². The second-order valence-electron chi connectivity index (χ2n) is 3.42. The monoisotopic (exact) mass is 221 g/mol. The van der Waals surface area contributed by atoms with E-state index in [-0.39, 0.29) is 6.61 Å². The minimum Gasteiger partial charge on any atom is -0.394 e. The highest BCUT2D eigenvalue weighted by molar-refractivity contribution is 4.91. The van der Waals surface area contributed by atoms with E-state index >= 15 is 0 Å². The fraction of sp³-hybridized carbons (Fsp3) is 1.00. The Labute approximate surface area is 88.8 Å². The maximum atomic E-state index is 9.53. The summed E-state index contributed by atoms with van der Waals surface area (Å²) < 4.78 is 10.1. The standard InChI is InChI=1S/C9H19NO5/c1-2-14-4-3-10-7-6(5-11)15-9(13)8(7)12/h6-13H,2-5H2,1H3/t6-,7+,8-,9+/m1/s1. The summed E-state index contributed by atoms with van der Waals surface area (Å²) in [5.74, 6) is 0. The van der Waals surface area contributed by atoms with Crippen LogP contribution in [0.2, 0.25) is 0 Å². The predicted octanol–water partition coefficient (Wildman–Crippen LogP) is -1.95. The van der Waals surface area contributed by atoms with E-state index in [4.69, 9.17) is 14.6 Å². The number of aliphatic hydroxyl groups excluding tert-OH is 3. The molecule has 90 valence electrons. The SMILES string of the molecule is CCOCCN[C@@H]1[C@@H](O)[C@@H](O)O[C@@H]1CO. The number of rotatable bonds is 6. The Bertz CT molecular complexity index is 180. The fourth-order valence-electron chi connectivity index (χ4n) is 1.59. The molecule has 0 bridgehead atoms. The molecular weight excluding hydrogens is 202 g/mol. The number of nitrogens with one attached hydrogen (secondary N) is 1. The number of aliphatic hydroxyl groups is 3. The van der Waals surface area contributed by atoms with Gasteiger partial charge in [-0.15, -0.1) is 0 Å². The summed E-state index contributed by atoms with van der Waals surface area (Å²) in [6.45, 7) is 3.36. The molecule has 0 saturated carbocycles. The van der Waals surface area contributed by atoms with Crippen LogP contribution in [0.15, 0.2) is 0 Å². The third kappa shape index (κ3) is 3.37. The molecule has 0 aromatic carbocycles. The first-order valence-corrected chi connectivity index (χ1v) is 5.14. The van der Waals surface area contributed by atoms with E-state index in [9.17, 15) is 10.2 Å². The molecule has 0 aliphatic carbocycles. The van der Waals surface area contributed by atoms with Gasteiger partial charge >= 0.3 is 0 Å². The van der Waals surface area contributed by atoms with Gasteiger partial charge in [0.15, 0.2) is 6.29 Å². The molecular formula is C9H19NO5. The highest BCUT2D eigenvalue weighted by Gasteiger charge is 2.41. The summed E-state index contributed by atoms with van der Waals surface area (Å²) in [4.78, 5) is 0. The average molecular weight is 221 g/mol.